The molecule has 0 saturated heterocycles. The van der Waals surface area contributed by atoms with Crippen molar-refractivity contribution in [3.63, 3.8) is 0 Å². The minimum absolute atomic E-state index is 0.929. The van der Waals surface area contributed by atoms with Crippen LogP contribution in [0.25, 0.3) is 0 Å². The fraction of sp³-hybridized carbons (Fsp3) is 0.667. The topological polar surface area (TPSA) is 167 Å². The van der Waals surface area contributed by atoms with E-state index in [1.54, 1.807) is 0 Å². The van der Waals surface area contributed by atoms with E-state index in [1.807, 2.05) is 0 Å². The minimum atomic E-state index is -5.37. The predicted molar refractivity (Wildman–Crippen MR) is 43.7 cm³/mol. The Morgan fingerprint density at radius 3 is 2.06 bits per heavy atom. The molecule has 94 valence electrons. The van der Waals surface area contributed by atoms with Crippen LogP contribution in [0.5, 0.6) is 0 Å². The summed E-state index contributed by atoms with van der Waals surface area (Å²) >= 11 is 0. The fourth-order valence-corrected chi connectivity index (χ4v) is 1.82. The molecule has 2 unspecified atom stereocenters. The van der Waals surface area contributed by atoms with Crippen molar-refractivity contribution < 1.29 is 37.9 Å². The van der Waals surface area contributed by atoms with Crippen molar-refractivity contribution in [3.05, 3.63) is 0 Å². The van der Waals surface area contributed by atoms with Crippen molar-refractivity contribution in [2.24, 2.45) is 0 Å². The van der Waals surface area contributed by atoms with Crippen molar-refractivity contribution in [3.8, 4) is 0 Å². The van der Waals surface area contributed by atoms with E-state index in [0.717, 1.165) is 6.92 Å². The largest absolute Gasteiger partial charge is 0.550 e. The summed E-state index contributed by atoms with van der Waals surface area (Å²) in [6, 6.07) is 0. The van der Waals surface area contributed by atoms with E-state index in [1.165, 1.54) is 5.32 Å². The molecule has 0 aromatic rings. The van der Waals surface area contributed by atoms with E-state index >= 15 is 0 Å². The highest BCUT2D eigenvalue weighted by Gasteiger charge is 2.45. The first-order valence-corrected chi connectivity index (χ1v) is 5.31. The molecule has 0 fully saturated rings. The maximum Gasteiger partial charge on any atom is 0.290 e. The van der Waals surface area contributed by atoms with Gasteiger partial charge in [0.25, 0.3) is 10.1 Å². The number of carboxylic acid groups (broad SMARTS) is 2. The molecule has 0 spiro atoms. The summed E-state index contributed by atoms with van der Waals surface area (Å²) < 4.78 is 30.4. The Labute approximate surface area is 90.4 Å². The normalized spacial score (nSPS) is 17.4. The zero-order valence-electron chi connectivity index (χ0n) is 8.04. The molecular weight excluding hydrogens is 246 g/mol. The summed E-state index contributed by atoms with van der Waals surface area (Å²) in [6.07, 6.45) is -3.32. The molecule has 9 nitrogen and oxygen atoms in total. The molecular formula is C6H9NO8S-2. The quantitative estimate of drug-likeness (QED) is 0.312. The average Bonchev–Trinajstić information content (AvgIpc) is 1.97. The lowest BCUT2D eigenvalue weighted by Crippen LogP contribution is -2.66. The maximum absolute atomic E-state index is 10.8. The van der Waals surface area contributed by atoms with Gasteiger partial charge in [0.2, 0.25) is 0 Å². The first-order valence-electron chi connectivity index (χ1n) is 3.87. The second kappa shape index (κ2) is 4.74. The first-order chi connectivity index (χ1) is 7.03. The summed E-state index contributed by atoms with van der Waals surface area (Å²) in [5, 5.41) is 31.2. The number of carboxylic acids is 2. The summed E-state index contributed by atoms with van der Waals surface area (Å²) in [6.45, 7) is 0.929. The molecule has 0 saturated carbocycles. The van der Waals surface area contributed by atoms with Crippen LogP contribution < -0.4 is 15.5 Å². The van der Waals surface area contributed by atoms with E-state index in [-0.39, 0.29) is 0 Å². The molecule has 0 aliphatic carbocycles. The fourth-order valence-electron chi connectivity index (χ4n) is 0.994. The maximum atomic E-state index is 10.8. The van der Waals surface area contributed by atoms with Crippen molar-refractivity contribution in [2.45, 2.75) is 24.4 Å². The third-order valence-electron chi connectivity index (χ3n) is 1.61. The second-order valence-corrected chi connectivity index (χ2v) is 4.61. The van der Waals surface area contributed by atoms with E-state index in [9.17, 15) is 28.2 Å². The molecule has 2 atom stereocenters. The molecule has 16 heavy (non-hydrogen) atoms. The Morgan fingerprint density at radius 2 is 1.88 bits per heavy atom. The minimum Gasteiger partial charge on any atom is -0.550 e. The lowest BCUT2D eigenvalue weighted by molar-refractivity contribution is -0.320. The van der Waals surface area contributed by atoms with Gasteiger partial charge in [-0.1, -0.05) is 0 Å². The zero-order valence-corrected chi connectivity index (χ0v) is 8.85. The number of aliphatic hydroxyl groups excluding tert-OH is 1. The predicted octanol–water partition coefficient (Wildman–Crippen LogP) is -4.61. The second-order valence-electron chi connectivity index (χ2n) is 2.96. The van der Waals surface area contributed by atoms with E-state index < -0.39 is 39.6 Å². The molecule has 10 heteroatoms. The van der Waals surface area contributed by atoms with Crippen LogP contribution in [-0.2, 0) is 19.7 Å². The van der Waals surface area contributed by atoms with Crippen LogP contribution in [0.2, 0.25) is 0 Å². The van der Waals surface area contributed by atoms with Gasteiger partial charge in [0.15, 0.2) is 4.87 Å². The molecule has 3 N–H and O–H groups in total. The molecule has 0 aromatic heterocycles. The van der Waals surface area contributed by atoms with Gasteiger partial charge in [0, 0.05) is 12.4 Å². The van der Waals surface area contributed by atoms with Crippen molar-refractivity contribution in [1.82, 2.24) is 5.32 Å². The average molecular weight is 255 g/mol. The van der Waals surface area contributed by atoms with Gasteiger partial charge in [-0.3, -0.25) is 9.87 Å². The molecule has 0 bridgehead atoms. The number of carbonyl (C=O) groups is 2. The highest BCUT2D eigenvalue weighted by Crippen LogP contribution is 2.17. The van der Waals surface area contributed by atoms with Crippen LogP contribution >= 0.6 is 0 Å². The smallest absolute Gasteiger partial charge is 0.290 e. The molecule has 0 aliphatic rings. The highest BCUT2D eigenvalue weighted by molar-refractivity contribution is 7.88. The Morgan fingerprint density at radius 1 is 1.44 bits per heavy atom. The monoisotopic (exact) mass is 255 g/mol. The van der Waals surface area contributed by atoms with Crippen LogP contribution in [0.1, 0.15) is 13.3 Å². The van der Waals surface area contributed by atoms with Crippen LogP contribution in [-0.4, -0.2) is 41.1 Å². The SMILES string of the molecule is CC(O)NC(CC(=O)[O-])(C(=O)[O-])S(=O)(=O)O. The molecule has 0 aliphatic heterocycles. The molecule has 0 amide bonds. The van der Waals surface area contributed by atoms with Crippen LogP contribution in [0.15, 0.2) is 0 Å². The zero-order chi connectivity index (χ0) is 13.1. The van der Waals surface area contributed by atoms with E-state index in [0.29, 0.717) is 0 Å². The Hall–Kier alpha value is -1.23. The van der Waals surface area contributed by atoms with Gasteiger partial charge in [-0.2, -0.15) is 8.42 Å². The Kier molecular flexibility index (Phi) is 4.37. The lowest BCUT2D eigenvalue weighted by atomic mass is 10.2. The third-order valence-corrected chi connectivity index (χ3v) is 2.91. The van der Waals surface area contributed by atoms with E-state index in [2.05, 4.69) is 0 Å². The van der Waals surface area contributed by atoms with Crippen molar-refractivity contribution >= 4 is 22.1 Å². The van der Waals surface area contributed by atoms with Gasteiger partial charge in [-0.05, 0) is 6.92 Å². The number of aliphatic carboxylic acids is 2. The number of hydrogen-bond acceptors (Lipinski definition) is 8. The van der Waals surface area contributed by atoms with Crippen molar-refractivity contribution in [1.29, 1.82) is 0 Å². The first kappa shape index (κ1) is 14.8. The van der Waals surface area contributed by atoms with Gasteiger partial charge in [-0.15, -0.1) is 0 Å². The molecule has 0 rings (SSSR count). The summed E-state index contributed by atoms with van der Waals surface area (Å²) in [4.78, 5) is 17.5. The Bertz CT molecular complexity index is 387. The van der Waals surface area contributed by atoms with Crippen LogP contribution in [0.4, 0.5) is 0 Å². The van der Waals surface area contributed by atoms with Crippen LogP contribution in [0.3, 0.4) is 0 Å². The van der Waals surface area contributed by atoms with Gasteiger partial charge in [-0.25, -0.2) is 0 Å². The highest BCUT2D eigenvalue weighted by atomic mass is 32.2. The standard InChI is InChI=1S/C6H11NO8S/c1-3(8)7-6(5(11)12,2-4(9)10)16(13,14)15/h3,7-8H,2H2,1H3,(H,9,10)(H,11,12)(H,13,14,15)/p-2. The Balaban J connectivity index is 5.59. The molecule has 0 aromatic carbocycles. The number of carbonyl (C=O) groups excluding carboxylic acids is 2. The lowest BCUT2D eigenvalue weighted by Gasteiger charge is -2.33. The summed E-state index contributed by atoms with van der Waals surface area (Å²) in [5.41, 5.74) is 0. The van der Waals surface area contributed by atoms with Crippen LogP contribution in [0, 0.1) is 0 Å². The van der Waals surface area contributed by atoms with Crippen molar-refractivity contribution in [2.75, 3.05) is 0 Å². The summed E-state index contributed by atoms with van der Waals surface area (Å²) in [5.74, 6) is -4.48. The van der Waals surface area contributed by atoms with Gasteiger partial charge >= 0.3 is 0 Å². The number of aliphatic hydroxyl groups is 1. The van der Waals surface area contributed by atoms with Gasteiger partial charge in [0.1, 0.15) is 6.23 Å². The molecule has 0 heterocycles. The van der Waals surface area contributed by atoms with Gasteiger partial charge in [0.05, 0.1) is 5.97 Å². The number of hydrogen-bond donors (Lipinski definition) is 3. The van der Waals surface area contributed by atoms with Gasteiger partial charge < -0.3 is 24.9 Å². The molecule has 0 radical (unpaired) electrons. The van der Waals surface area contributed by atoms with E-state index in [4.69, 9.17) is 9.66 Å². The third kappa shape index (κ3) is 3.13. The number of rotatable bonds is 6. The number of nitrogens with one attached hydrogen (secondary N) is 1. The summed E-state index contributed by atoms with van der Waals surface area (Å²) in [7, 11) is -5.37.